The van der Waals surface area contributed by atoms with Crippen molar-refractivity contribution in [1.82, 2.24) is 10.2 Å². The van der Waals surface area contributed by atoms with Crippen LogP contribution in [-0.2, 0) is 16.1 Å². The van der Waals surface area contributed by atoms with Crippen LogP contribution in [0.15, 0.2) is 11.4 Å². The second-order valence-electron chi connectivity index (χ2n) is 5.41. The number of rotatable bonds is 3. The third-order valence-corrected chi connectivity index (χ3v) is 4.54. The zero-order chi connectivity index (χ0) is 14.2. The number of nitrogens with zero attached hydrogens (tertiary/aromatic N) is 1. The molecule has 0 radical (unpaired) electrons. The normalized spacial score (nSPS) is 23.9. The van der Waals surface area contributed by atoms with Gasteiger partial charge >= 0.3 is 0 Å². The quantitative estimate of drug-likeness (QED) is 0.919. The smallest absolute Gasteiger partial charge is 0.245 e. The molecule has 1 saturated heterocycles. The third kappa shape index (κ3) is 2.66. The van der Waals surface area contributed by atoms with Crippen molar-refractivity contribution in [1.29, 1.82) is 0 Å². The van der Waals surface area contributed by atoms with Crippen LogP contribution in [0, 0.1) is 12.8 Å². The Balaban J connectivity index is 2.29. The molecule has 1 N–H and O–H groups in total. The summed E-state index contributed by atoms with van der Waals surface area (Å²) >= 11 is 1.64. The van der Waals surface area contributed by atoms with Gasteiger partial charge in [-0.2, -0.15) is 0 Å². The molecule has 2 unspecified atom stereocenters. The summed E-state index contributed by atoms with van der Waals surface area (Å²) in [5.74, 6) is 0.0686. The maximum absolute atomic E-state index is 12.3. The molecule has 0 aliphatic carbocycles. The largest absolute Gasteiger partial charge is 0.343 e. The maximum Gasteiger partial charge on any atom is 0.245 e. The molecule has 1 aliphatic heterocycles. The molecular weight excluding hydrogens is 260 g/mol. The lowest BCUT2D eigenvalue weighted by Gasteiger charge is -2.39. The molecule has 104 valence electrons. The molecule has 2 rings (SSSR count). The molecule has 2 amide bonds. The van der Waals surface area contributed by atoms with Crippen LogP contribution in [0.3, 0.4) is 0 Å². The molecule has 1 aromatic heterocycles. The molecule has 0 bridgehead atoms. The molecule has 0 spiro atoms. The van der Waals surface area contributed by atoms with Gasteiger partial charge in [0, 0.05) is 4.88 Å². The molecule has 19 heavy (non-hydrogen) atoms. The minimum Gasteiger partial charge on any atom is -0.343 e. The first-order valence-electron chi connectivity index (χ1n) is 6.55. The predicted octanol–water partition coefficient (Wildman–Crippen LogP) is 1.93. The Labute approximate surface area is 117 Å². The summed E-state index contributed by atoms with van der Waals surface area (Å²) in [5.41, 5.74) is 1.18. The summed E-state index contributed by atoms with van der Waals surface area (Å²) in [6, 6.07) is 1.25. The standard InChI is InChI=1S/C14H20N2O2S/c1-8(2)12-13(17)15-10(4)14(18)16(12)7-11-9(3)5-6-19-11/h5-6,8,10,12H,7H2,1-4H3,(H,15,17). The fourth-order valence-electron chi connectivity index (χ4n) is 2.45. The van der Waals surface area contributed by atoms with Crippen molar-refractivity contribution < 1.29 is 9.59 Å². The summed E-state index contributed by atoms with van der Waals surface area (Å²) in [6.45, 7) is 8.26. The number of nitrogens with one attached hydrogen (secondary N) is 1. The highest BCUT2D eigenvalue weighted by molar-refractivity contribution is 7.10. The number of carbonyl (C=O) groups excluding carboxylic acids is 2. The van der Waals surface area contributed by atoms with E-state index in [9.17, 15) is 9.59 Å². The minimum atomic E-state index is -0.428. The van der Waals surface area contributed by atoms with E-state index < -0.39 is 6.04 Å². The van der Waals surface area contributed by atoms with Gasteiger partial charge in [0.1, 0.15) is 12.1 Å². The Hall–Kier alpha value is -1.36. The Morgan fingerprint density at radius 1 is 1.42 bits per heavy atom. The van der Waals surface area contributed by atoms with E-state index in [4.69, 9.17) is 0 Å². The van der Waals surface area contributed by atoms with Gasteiger partial charge in [0.25, 0.3) is 0 Å². The van der Waals surface area contributed by atoms with E-state index in [1.165, 1.54) is 5.56 Å². The van der Waals surface area contributed by atoms with Gasteiger partial charge in [0.05, 0.1) is 6.54 Å². The van der Waals surface area contributed by atoms with Gasteiger partial charge in [-0.05, 0) is 36.8 Å². The highest BCUT2D eigenvalue weighted by atomic mass is 32.1. The lowest BCUT2D eigenvalue weighted by molar-refractivity contribution is -0.151. The van der Waals surface area contributed by atoms with Crippen LogP contribution in [0.25, 0.3) is 0 Å². The number of hydrogen-bond acceptors (Lipinski definition) is 3. The van der Waals surface area contributed by atoms with E-state index in [-0.39, 0.29) is 23.8 Å². The topological polar surface area (TPSA) is 49.4 Å². The van der Waals surface area contributed by atoms with Crippen molar-refractivity contribution in [3.63, 3.8) is 0 Å². The monoisotopic (exact) mass is 280 g/mol. The lowest BCUT2D eigenvalue weighted by atomic mass is 9.97. The molecule has 2 heterocycles. The van der Waals surface area contributed by atoms with Crippen LogP contribution in [0.5, 0.6) is 0 Å². The van der Waals surface area contributed by atoms with Crippen LogP contribution in [0.2, 0.25) is 0 Å². The number of amides is 2. The molecule has 5 heteroatoms. The molecule has 1 aromatic rings. The molecule has 4 nitrogen and oxygen atoms in total. The molecule has 1 fully saturated rings. The number of aryl methyl sites for hydroxylation is 1. The first-order chi connectivity index (χ1) is 8.91. The van der Waals surface area contributed by atoms with Crippen molar-refractivity contribution in [2.75, 3.05) is 0 Å². The summed E-state index contributed by atoms with van der Waals surface area (Å²) < 4.78 is 0. The average Bonchev–Trinajstić information content (AvgIpc) is 2.71. The van der Waals surface area contributed by atoms with Gasteiger partial charge < -0.3 is 10.2 Å². The van der Waals surface area contributed by atoms with Crippen molar-refractivity contribution in [3.05, 3.63) is 21.9 Å². The summed E-state index contributed by atoms with van der Waals surface area (Å²) in [5, 5.41) is 4.78. The minimum absolute atomic E-state index is 0.00565. The number of piperazine rings is 1. The molecule has 0 saturated carbocycles. The number of carbonyl (C=O) groups is 2. The molecule has 1 aliphatic rings. The highest BCUT2D eigenvalue weighted by Gasteiger charge is 2.40. The average molecular weight is 280 g/mol. The van der Waals surface area contributed by atoms with Gasteiger partial charge in [-0.1, -0.05) is 13.8 Å². The molecular formula is C14H20N2O2S. The zero-order valence-corrected chi connectivity index (χ0v) is 12.6. The second-order valence-corrected chi connectivity index (χ2v) is 6.41. The first kappa shape index (κ1) is 14.1. The van der Waals surface area contributed by atoms with E-state index in [1.54, 1.807) is 23.2 Å². The maximum atomic E-state index is 12.3. The summed E-state index contributed by atoms with van der Waals surface area (Å²) in [4.78, 5) is 27.3. The Bertz CT molecular complexity index is 495. The van der Waals surface area contributed by atoms with Crippen LogP contribution in [0.4, 0.5) is 0 Å². The van der Waals surface area contributed by atoms with Gasteiger partial charge in [0.2, 0.25) is 11.8 Å². The fourth-order valence-corrected chi connectivity index (χ4v) is 3.35. The van der Waals surface area contributed by atoms with E-state index in [0.29, 0.717) is 6.54 Å². The first-order valence-corrected chi connectivity index (χ1v) is 7.43. The summed E-state index contributed by atoms with van der Waals surface area (Å²) in [6.07, 6.45) is 0. The fraction of sp³-hybridized carbons (Fsp3) is 0.571. The van der Waals surface area contributed by atoms with Gasteiger partial charge in [0.15, 0.2) is 0 Å². The molecule has 2 atom stereocenters. The van der Waals surface area contributed by atoms with E-state index in [2.05, 4.69) is 5.32 Å². The highest BCUT2D eigenvalue weighted by Crippen LogP contribution is 2.24. The predicted molar refractivity (Wildman–Crippen MR) is 75.8 cm³/mol. The van der Waals surface area contributed by atoms with Crippen LogP contribution in [0.1, 0.15) is 31.2 Å². The number of thiophene rings is 1. The molecule has 0 aromatic carbocycles. The second kappa shape index (κ2) is 5.33. The van der Waals surface area contributed by atoms with E-state index in [1.807, 2.05) is 32.2 Å². The van der Waals surface area contributed by atoms with Gasteiger partial charge in [-0.25, -0.2) is 0 Å². The third-order valence-electron chi connectivity index (χ3n) is 3.53. The van der Waals surface area contributed by atoms with E-state index >= 15 is 0 Å². The zero-order valence-electron chi connectivity index (χ0n) is 11.8. The van der Waals surface area contributed by atoms with E-state index in [0.717, 1.165) is 4.88 Å². The number of hydrogen-bond donors (Lipinski definition) is 1. The van der Waals surface area contributed by atoms with Crippen molar-refractivity contribution in [3.8, 4) is 0 Å². The van der Waals surface area contributed by atoms with Crippen molar-refractivity contribution in [2.24, 2.45) is 5.92 Å². The SMILES string of the molecule is Cc1ccsc1CN1C(=O)C(C)NC(=O)C1C(C)C. The Morgan fingerprint density at radius 2 is 2.11 bits per heavy atom. The van der Waals surface area contributed by atoms with Crippen molar-refractivity contribution in [2.45, 2.75) is 46.3 Å². The Morgan fingerprint density at radius 3 is 2.63 bits per heavy atom. The Kier molecular flexibility index (Phi) is 3.94. The van der Waals surface area contributed by atoms with Crippen LogP contribution >= 0.6 is 11.3 Å². The van der Waals surface area contributed by atoms with Gasteiger partial charge in [-0.3, -0.25) is 9.59 Å². The lowest BCUT2D eigenvalue weighted by Crippen LogP contribution is -2.63. The van der Waals surface area contributed by atoms with Crippen LogP contribution < -0.4 is 5.32 Å². The summed E-state index contributed by atoms with van der Waals surface area (Å²) in [7, 11) is 0. The van der Waals surface area contributed by atoms with Crippen molar-refractivity contribution >= 4 is 23.2 Å². The van der Waals surface area contributed by atoms with Crippen LogP contribution in [-0.4, -0.2) is 28.8 Å². The van der Waals surface area contributed by atoms with Gasteiger partial charge in [-0.15, -0.1) is 11.3 Å².